The summed E-state index contributed by atoms with van der Waals surface area (Å²) in [6, 6.07) is 6.94. The van der Waals surface area contributed by atoms with Gasteiger partial charge >= 0.3 is 5.97 Å². The van der Waals surface area contributed by atoms with Crippen LogP contribution in [0.5, 0.6) is 5.75 Å². The number of rotatable bonds is 5. The van der Waals surface area contributed by atoms with E-state index in [2.05, 4.69) is 10.5 Å². The SMILES string of the molecule is CCOC(=O)c1oc2c(c1C)/C(=N/NC(=O)c1ccccc1OC)CCC2. The Bertz CT molecular complexity index is 898. The second-order valence-electron chi connectivity index (χ2n) is 6.13. The summed E-state index contributed by atoms with van der Waals surface area (Å²) < 4.78 is 16.0. The van der Waals surface area contributed by atoms with E-state index in [0.29, 0.717) is 34.8 Å². The molecule has 1 aliphatic carbocycles. The van der Waals surface area contributed by atoms with Crippen molar-refractivity contribution in [3.05, 3.63) is 52.5 Å². The number of nitrogens with zero attached hydrogens (tertiary/aromatic N) is 1. The number of carbonyl (C=O) groups excluding carboxylic acids is 2. The number of nitrogens with one attached hydrogen (secondary N) is 1. The Kier molecular flexibility index (Phi) is 5.59. The van der Waals surface area contributed by atoms with Crippen LogP contribution in [-0.2, 0) is 11.2 Å². The molecule has 1 aromatic heterocycles. The van der Waals surface area contributed by atoms with Crippen molar-refractivity contribution >= 4 is 17.6 Å². The molecule has 2 aromatic rings. The van der Waals surface area contributed by atoms with Gasteiger partial charge in [-0.3, -0.25) is 4.79 Å². The van der Waals surface area contributed by atoms with E-state index in [1.54, 1.807) is 38.1 Å². The molecule has 1 amide bonds. The van der Waals surface area contributed by atoms with Crippen LogP contribution in [0.25, 0.3) is 0 Å². The predicted octanol–water partition coefficient (Wildman–Crippen LogP) is 3.24. The highest BCUT2D eigenvalue weighted by Gasteiger charge is 2.28. The van der Waals surface area contributed by atoms with Crippen LogP contribution in [0.1, 0.15) is 57.6 Å². The molecule has 0 radical (unpaired) electrons. The number of aryl methyl sites for hydroxylation is 1. The second-order valence-corrected chi connectivity index (χ2v) is 6.13. The minimum absolute atomic E-state index is 0.201. The first kappa shape index (κ1) is 18.7. The number of furan rings is 1. The van der Waals surface area contributed by atoms with Crippen molar-refractivity contribution < 1.29 is 23.5 Å². The highest BCUT2D eigenvalue weighted by Crippen LogP contribution is 2.30. The fourth-order valence-corrected chi connectivity index (χ4v) is 3.18. The molecule has 3 rings (SSSR count). The molecule has 1 aliphatic rings. The summed E-state index contributed by atoms with van der Waals surface area (Å²) in [7, 11) is 1.51. The Morgan fingerprint density at radius 2 is 2.04 bits per heavy atom. The summed E-state index contributed by atoms with van der Waals surface area (Å²) in [5.41, 5.74) is 5.15. The van der Waals surface area contributed by atoms with Crippen LogP contribution in [0, 0.1) is 6.92 Å². The van der Waals surface area contributed by atoms with Gasteiger partial charge < -0.3 is 13.9 Å². The molecular formula is C20H22N2O5. The summed E-state index contributed by atoms with van der Waals surface area (Å²) >= 11 is 0. The number of benzene rings is 1. The number of para-hydroxylation sites is 1. The normalized spacial score (nSPS) is 14.6. The second kappa shape index (κ2) is 8.07. The van der Waals surface area contributed by atoms with Crippen molar-refractivity contribution in [2.45, 2.75) is 33.1 Å². The van der Waals surface area contributed by atoms with E-state index in [1.807, 2.05) is 0 Å². The lowest BCUT2D eigenvalue weighted by Crippen LogP contribution is -2.22. The van der Waals surface area contributed by atoms with Gasteiger partial charge in [-0.2, -0.15) is 5.10 Å². The summed E-state index contributed by atoms with van der Waals surface area (Å²) in [6.07, 6.45) is 2.22. The summed E-state index contributed by atoms with van der Waals surface area (Å²) in [5, 5.41) is 4.31. The first-order chi connectivity index (χ1) is 13.1. The largest absolute Gasteiger partial charge is 0.496 e. The maximum atomic E-state index is 12.5. The molecule has 27 heavy (non-hydrogen) atoms. The van der Waals surface area contributed by atoms with Crippen molar-refractivity contribution in [1.82, 2.24) is 5.43 Å². The fourth-order valence-electron chi connectivity index (χ4n) is 3.18. The third kappa shape index (κ3) is 3.72. The monoisotopic (exact) mass is 370 g/mol. The van der Waals surface area contributed by atoms with E-state index in [-0.39, 0.29) is 18.3 Å². The highest BCUT2D eigenvalue weighted by atomic mass is 16.5. The minimum atomic E-state index is -0.484. The number of fused-ring (bicyclic) bond motifs is 1. The van der Waals surface area contributed by atoms with Gasteiger partial charge in [-0.25, -0.2) is 10.2 Å². The average Bonchev–Trinajstić information content (AvgIpc) is 3.03. The molecule has 1 aromatic carbocycles. The molecular weight excluding hydrogens is 348 g/mol. The van der Waals surface area contributed by atoms with Crippen molar-refractivity contribution in [3.63, 3.8) is 0 Å². The van der Waals surface area contributed by atoms with Crippen LogP contribution in [0.4, 0.5) is 0 Å². The van der Waals surface area contributed by atoms with Crippen LogP contribution < -0.4 is 10.2 Å². The van der Waals surface area contributed by atoms with Crippen LogP contribution in [-0.4, -0.2) is 31.3 Å². The van der Waals surface area contributed by atoms with E-state index >= 15 is 0 Å². The third-order valence-corrected chi connectivity index (χ3v) is 4.43. The number of ether oxygens (including phenoxy) is 2. The Balaban J connectivity index is 1.87. The molecule has 0 aliphatic heterocycles. The molecule has 0 spiro atoms. The molecule has 7 heteroatoms. The number of amides is 1. The number of hydrogen-bond donors (Lipinski definition) is 1. The number of esters is 1. The first-order valence-electron chi connectivity index (χ1n) is 8.86. The van der Waals surface area contributed by atoms with Crippen LogP contribution in [0.15, 0.2) is 33.8 Å². The van der Waals surface area contributed by atoms with E-state index in [0.717, 1.165) is 18.4 Å². The Hall–Kier alpha value is -3.09. The lowest BCUT2D eigenvalue weighted by Gasteiger charge is -2.14. The molecule has 0 saturated heterocycles. The lowest BCUT2D eigenvalue weighted by molar-refractivity contribution is 0.0486. The van der Waals surface area contributed by atoms with E-state index in [1.165, 1.54) is 7.11 Å². The van der Waals surface area contributed by atoms with E-state index in [9.17, 15) is 9.59 Å². The minimum Gasteiger partial charge on any atom is -0.496 e. The zero-order valence-corrected chi connectivity index (χ0v) is 15.6. The molecule has 7 nitrogen and oxygen atoms in total. The summed E-state index contributed by atoms with van der Waals surface area (Å²) in [6.45, 7) is 3.83. The first-order valence-corrected chi connectivity index (χ1v) is 8.86. The Morgan fingerprint density at radius 1 is 1.26 bits per heavy atom. The van der Waals surface area contributed by atoms with E-state index in [4.69, 9.17) is 13.9 Å². The van der Waals surface area contributed by atoms with Crippen LogP contribution in [0.3, 0.4) is 0 Å². The summed E-state index contributed by atoms with van der Waals surface area (Å²) in [4.78, 5) is 24.5. The van der Waals surface area contributed by atoms with Gasteiger partial charge in [-0.1, -0.05) is 12.1 Å². The zero-order chi connectivity index (χ0) is 19.4. The number of hydrazone groups is 1. The molecule has 0 bridgehead atoms. The van der Waals surface area contributed by atoms with E-state index < -0.39 is 5.97 Å². The van der Waals surface area contributed by atoms with Gasteiger partial charge in [0, 0.05) is 17.5 Å². The van der Waals surface area contributed by atoms with Crippen molar-refractivity contribution in [1.29, 1.82) is 0 Å². The van der Waals surface area contributed by atoms with Crippen LogP contribution in [0.2, 0.25) is 0 Å². The average molecular weight is 370 g/mol. The summed E-state index contributed by atoms with van der Waals surface area (Å²) in [5.74, 6) is 0.531. The third-order valence-electron chi connectivity index (χ3n) is 4.43. The molecule has 1 N–H and O–H groups in total. The fraction of sp³-hybridized carbons (Fsp3) is 0.350. The molecule has 0 saturated carbocycles. The maximum absolute atomic E-state index is 12.5. The number of methoxy groups -OCH3 is 1. The molecule has 0 fully saturated rings. The van der Waals surface area contributed by atoms with Crippen molar-refractivity contribution in [2.75, 3.05) is 13.7 Å². The smallest absolute Gasteiger partial charge is 0.374 e. The van der Waals surface area contributed by atoms with Gasteiger partial charge in [0.2, 0.25) is 5.76 Å². The number of hydrogen-bond acceptors (Lipinski definition) is 6. The predicted molar refractivity (Wildman–Crippen MR) is 99.3 cm³/mol. The topological polar surface area (TPSA) is 90.1 Å². The van der Waals surface area contributed by atoms with Gasteiger partial charge in [0.05, 0.1) is 25.0 Å². The molecule has 0 unspecified atom stereocenters. The maximum Gasteiger partial charge on any atom is 0.374 e. The van der Waals surface area contributed by atoms with Crippen LogP contribution >= 0.6 is 0 Å². The van der Waals surface area contributed by atoms with Gasteiger partial charge in [-0.05, 0) is 38.8 Å². The Morgan fingerprint density at radius 3 is 2.78 bits per heavy atom. The van der Waals surface area contributed by atoms with Gasteiger partial charge in [0.25, 0.3) is 5.91 Å². The van der Waals surface area contributed by atoms with Crippen molar-refractivity contribution in [3.8, 4) is 5.75 Å². The lowest BCUT2D eigenvalue weighted by atomic mass is 9.93. The van der Waals surface area contributed by atoms with Gasteiger partial charge in [0.1, 0.15) is 11.5 Å². The molecule has 0 atom stereocenters. The quantitative estimate of drug-likeness (QED) is 0.644. The highest BCUT2D eigenvalue weighted by molar-refractivity contribution is 6.06. The molecule has 142 valence electrons. The Labute approximate surface area is 157 Å². The van der Waals surface area contributed by atoms with Gasteiger partial charge in [0.15, 0.2) is 0 Å². The zero-order valence-electron chi connectivity index (χ0n) is 15.6. The number of carbonyl (C=O) groups is 2. The van der Waals surface area contributed by atoms with Crippen molar-refractivity contribution in [2.24, 2.45) is 5.10 Å². The standard InChI is InChI=1S/C20H22N2O5/c1-4-26-20(24)18-12(2)17-14(9-7-11-16(17)27-18)21-22-19(23)13-8-5-6-10-15(13)25-3/h5-6,8,10H,4,7,9,11H2,1-3H3,(H,22,23)/b21-14+. The molecule has 1 heterocycles. The van der Waals surface area contributed by atoms with Gasteiger partial charge in [-0.15, -0.1) is 0 Å².